The lowest BCUT2D eigenvalue weighted by atomic mass is 10.3. The van der Waals surface area contributed by atoms with Gasteiger partial charge in [0.2, 0.25) is 5.28 Å². The monoisotopic (exact) mass is 419 g/mol. The summed E-state index contributed by atoms with van der Waals surface area (Å²) in [6, 6.07) is 3.84. The Morgan fingerprint density at radius 1 is 1.05 bits per heavy atom. The van der Waals surface area contributed by atoms with Crippen molar-refractivity contribution in [2.45, 2.75) is 6.18 Å². The maximum atomic E-state index is 12.7. The van der Waals surface area contributed by atoms with E-state index in [2.05, 4.69) is 31.2 Å². The van der Waals surface area contributed by atoms with Crippen molar-refractivity contribution in [1.82, 2.24) is 9.97 Å². The van der Waals surface area contributed by atoms with Gasteiger partial charge in [-0.05, 0) is 39.7 Å². The molecule has 0 aliphatic rings. The summed E-state index contributed by atoms with van der Waals surface area (Å²) >= 11 is 20.6. The molecule has 1 N–H and O–H groups in total. The van der Waals surface area contributed by atoms with Crippen LogP contribution in [0.15, 0.2) is 22.7 Å². The number of aromatic nitrogens is 2. The summed E-state index contributed by atoms with van der Waals surface area (Å²) < 4.78 is 38.5. The van der Waals surface area contributed by atoms with Gasteiger partial charge in [-0.15, -0.1) is 0 Å². The van der Waals surface area contributed by atoms with Gasteiger partial charge < -0.3 is 5.32 Å². The van der Waals surface area contributed by atoms with Crippen molar-refractivity contribution in [2.75, 3.05) is 5.32 Å². The molecule has 2 aromatic rings. The van der Waals surface area contributed by atoms with Gasteiger partial charge in [-0.2, -0.15) is 13.2 Å². The molecular formula is C11H4BrCl3F3N3. The van der Waals surface area contributed by atoms with Crippen molar-refractivity contribution in [2.24, 2.45) is 0 Å². The minimum atomic E-state index is -4.63. The maximum Gasteiger partial charge on any atom is 0.433 e. The van der Waals surface area contributed by atoms with Gasteiger partial charge in [0.25, 0.3) is 0 Å². The third kappa shape index (κ3) is 3.91. The highest BCUT2D eigenvalue weighted by Crippen LogP contribution is 2.37. The van der Waals surface area contributed by atoms with Crippen molar-refractivity contribution in [3.05, 3.63) is 43.7 Å². The van der Waals surface area contributed by atoms with E-state index in [0.717, 1.165) is 6.07 Å². The van der Waals surface area contributed by atoms with Gasteiger partial charge in [0.1, 0.15) is 5.82 Å². The number of anilines is 2. The number of halogens is 7. The van der Waals surface area contributed by atoms with Crippen LogP contribution >= 0.6 is 50.7 Å². The lowest BCUT2D eigenvalue weighted by molar-refractivity contribution is -0.141. The van der Waals surface area contributed by atoms with E-state index in [0.29, 0.717) is 4.47 Å². The molecule has 0 bridgehead atoms. The van der Waals surface area contributed by atoms with Gasteiger partial charge in [-0.1, -0.05) is 23.2 Å². The van der Waals surface area contributed by atoms with Crippen molar-refractivity contribution < 1.29 is 13.2 Å². The zero-order valence-corrected chi connectivity index (χ0v) is 13.6. The molecule has 0 saturated heterocycles. The van der Waals surface area contributed by atoms with E-state index < -0.39 is 17.2 Å². The van der Waals surface area contributed by atoms with Gasteiger partial charge in [-0.3, -0.25) is 0 Å². The Kier molecular flexibility index (Phi) is 4.87. The summed E-state index contributed by atoms with van der Waals surface area (Å²) in [6.07, 6.45) is -4.63. The summed E-state index contributed by atoms with van der Waals surface area (Å²) in [6.45, 7) is 0. The van der Waals surface area contributed by atoms with E-state index in [1.165, 1.54) is 6.07 Å². The lowest BCUT2D eigenvalue weighted by Crippen LogP contribution is -2.10. The predicted molar refractivity (Wildman–Crippen MR) is 79.5 cm³/mol. The number of hydrogen-bond donors (Lipinski definition) is 1. The SMILES string of the molecule is FC(F)(F)c1cc(Nc2ccc(Br)c(Cl)c2Cl)nc(Cl)n1. The van der Waals surface area contributed by atoms with Crippen LogP contribution in [0.2, 0.25) is 15.3 Å². The summed E-state index contributed by atoms with van der Waals surface area (Å²) in [5, 5.41) is 2.44. The molecule has 21 heavy (non-hydrogen) atoms. The van der Waals surface area contributed by atoms with Crippen molar-refractivity contribution in [1.29, 1.82) is 0 Å². The maximum absolute atomic E-state index is 12.7. The summed E-state index contributed by atoms with van der Waals surface area (Å²) in [7, 11) is 0. The fraction of sp³-hybridized carbons (Fsp3) is 0.0909. The fourth-order valence-corrected chi connectivity index (χ4v) is 2.39. The van der Waals surface area contributed by atoms with Crippen LogP contribution in [0, 0.1) is 0 Å². The molecule has 0 unspecified atom stereocenters. The minimum Gasteiger partial charge on any atom is -0.339 e. The Morgan fingerprint density at radius 3 is 2.33 bits per heavy atom. The highest BCUT2D eigenvalue weighted by atomic mass is 79.9. The third-order valence-corrected chi connectivity index (χ3v) is 4.23. The van der Waals surface area contributed by atoms with Crippen molar-refractivity contribution >= 4 is 62.2 Å². The van der Waals surface area contributed by atoms with Crippen LogP contribution in [0.3, 0.4) is 0 Å². The molecule has 0 fully saturated rings. The molecule has 3 nitrogen and oxygen atoms in total. The Morgan fingerprint density at radius 2 is 1.71 bits per heavy atom. The zero-order chi connectivity index (χ0) is 15.8. The Labute approximate surface area is 140 Å². The molecule has 1 heterocycles. The first-order valence-electron chi connectivity index (χ1n) is 5.21. The first kappa shape index (κ1) is 16.6. The lowest BCUT2D eigenvalue weighted by Gasteiger charge is -2.12. The van der Waals surface area contributed by atoms with Gasteiger partial charge >= 0.3 is 6.18 Å². The smallest absolute Gasteiger partial charge is 0.339 e. The average molecular weight is 421 g/mol. The number of hydrogen-bond acceptors (Lipinski definition) is 3. The minimum absolute atomic E-state index is 0.134. The molecule has 0 atom stereocenters. The second-order valence-electron chi connectivity index (χ2n) is 3.75. The van der Waals surface area contributed by atoms with E-state index in [4.69, 9.17) is 34.8 Å². The Balaban J connectivity index is 2.41. The molecule has 0 aliphatic heterocycles. The number of benzene rings is 1. The van der Waals surface area contributed by atoms with Crippen LogP contribution in [0.5, 0.6) is 0 Å². The molecule has 1 aromatic heterocycles. The van der Waals surface area contributed by atoms with E-state index in [9.17, 15) is 13.2 Å². The van der Waals surface area contributed by atoms with Crippen LogP contribution in [0.1, 0.15) is 5.69 Å². The number of nitrogens with zero attached hydrogens (tertiary/aromatic N) is 2. The van der Waals surface area contributed by atoms with Crippen LogP contribution in [0.4, 0.5) is 24.7 Å². The van der Waals surface area contributed by atoms with Gasteiger partial charge in [0.05, 0.1) is 15.7 Å². The molecule has 10 heteroatoms. The molecule has 0 aliphatic carbocycles. The second-order valence-corrected chi connectivity index (χ2v) is 5.70. The highest BCUT2D eigenvalue weighted by molar-refractivity contribution is 9.10. The van der Waals surface area contributed by atoms with Crippen molar-refractivity contribution in [3.8, 4) is 0 Å². The zero-order valence-electron chi connectivity index (χ0n) is 9.77. The summed E-state index contributed by atoms with van der Waals surface area (Å²) in [4.78, 5) is 6.79. The molecule has 112 valence electrons. The molecule has 0 saturated carbocycles. The third-order valence-electron chi connectivity index (χ3n) is 2.29. The van der Waals surface area contributed by atoms with Crippen molar-refractivity contribution in [3.63, 3.8) is 0 Å². The van der Waals surface area contributed by atoms with Crippen LogP contribution < -0.4 is 5.32 Å². The van der Waals surface area contributed by atoms with E-state index in [1.54, 1.807) is 6.07 Å². The van der Waals surface area contributed by atoms with Gasteiger partial charge in [-0.25, -0.2) is 9.97 Å². The van der Waals surface area contributed by atoms with Crippen LogP contribution in [-0.4, -0.2) is 9.97 Å². The molecule has 2 rings (SSSR count). The Bertz CT molecular complexity index is 694. The van der Waals surface area contributed by atoms with Crippen LogP contribution in [-0.2, 0) is 6.18 Å². The standard InChI is InChI=1S/C11H4BrCl3F3N3/c12-4-1-2-5(9(14)8(4)13)19-7-3-6(11(16,17)18)20-10(15)21-7/h1-3H,(H,19,20,21). The molecular weight excluding hydrogens is 417 g/mol. The van der Waals surface area contributed by atoms with Crippen LogP contribution in [0.25, 0.3) is 0 Å². The topological polar surface area (TPSA) is 37.8 Å². The Hall–Kier alpha value is -0.760. The van der Waals surface area contributed by atoms with E-state index in [-0.39, 0.29) is 21.6 Å². The average Bonchev–Trinajstić information content (AvgIpc) is 2.38. The summed E-state index contributed by atoms with van der Waals surface area (Å²) in [5.41, 5.74) is -0.878. The van der Waals surface area contributed by atoms with E-state index >= 15 is 0 Å². The van der Waals surface area contributed by atoms with E-state index in [1.807, 2.05) is 0 Å². The molecule has 0 radical (unpaired) electrons. The van der Waals surface area contributed by atoms with Gasteiger partial charge in [0, 0.05) is 10.5 Å². The predicted octanol–water partition coefficient (Wildman–Crippen LogP) is 5.96. The largest absolute Gasteiger partial charge is 0.433 e. The second kappa shape index (κ2) is 6.16. The summed E-state index contributed by atoms with van der Waals surface area (Å²) in [5.74, 6) is -0.150. The molecule has 0 spiro atoms. The normalized spacial score (nSPS) is 11.6. The number of nitrogens with one attached hydrogen (secondary N) is 1. The number of alkyl halides is 3. The first-order valence-corrected chi connectivity index (χ1v) is 7.13. The van der Waals surface area contributed by atoms with Gasteiger partial charge in [0.15, 0.2) is 5.69 Å². The first-order chi connectivity index (χ1) is 9.68. The molecule has 1 aromatic carbocycles. The molecule has 0 amide bonds. The highest BCUT2D eigenvalue weighted by Gasteiger charge is 2.33. The quantitative estimate of drug-likeness (QED) is 0.480. The fourth-order valence-electron chi connectivity index (χ4n) is 1.39. The number of rotatable bonds is 2.